The Labute approximate surface area is 178 Å². The van der Waals surface area contributed by atoms with Crippen LogP contribution in [0.25, 0.3) is 0 Å². The van der Waals surface area contributed by atoms with Crippen LogP contribution in [0.5, 0.6) is 0 Å². The zero-order valence-corrected chi connectivity index (χ0v) is 20.1. The highest BCUT2D eigenvalue weighted by Crippen LogP contribution is 2.42. The summed E-state index contributed by atoms with van der Waals surface area (Å²) in [6, 6.07) is 0. The third-order valence-corrected chi connectivity index (χ3v) is 4.62. The molecule has 0 radical (unpaired) electrons. The summed E-state index contributed by atoms with van der Waals surface area (Å²) in [5.74, 6) is 4.09. The Morgan fingerprint density at radius 2 is 1.71 bits per heavy atom. The Kier molecular flexibility index (Phi) is 25.8. The molecule has 0 aliphatic heterocycles. The van der Waals surface area contributed by atoms with Gasteiger partial charge in [-0.25, -0.2) is 0 Å². The Morgan fingerprint density at radius 1 is 1.18 bits per heavy atom. The van der Waals surface area contributed by atoms with Gasteiger partial charge in [0.25, 0.3) is 0 Å². The summed E-state index contributed by atoms with van der Waals surface area (Å²) < 4.78 is 0. The molecule has 0 heterocycles. The monoisotopic (exact) mass is 384 g/mol. The summed E-state index contributed by atoms with van der Waals surface area (Å²) in [4.78, 5) is 0. The van der Waals surface area contributed by atoms with Crippen molar-refractivity contribution in [3.8, 4) is 12.3 Å². The van der Waals surface area contributed by atoms with Crippen LogP contribution in [0.15, 0.2) is 60.8 Å². The lowest BCUT2D eigenvalue weighted by Crippen LogP contribution is -2.26. The molecule has 1 rings (SSSR count). The maximum Gasteiger partial charge on any atom is -0.00297 e. The zero-order chi connectivity index (χ0) is 22.4. The minimum absolute atomic E-state index is 0.870. The van der Waals surface area contributed by atoms with E-state index in [1.165, 1.54) is 48.8 Å². The average Bonchev–Trinajstić information content (AvgIpc) is 2.65. The molecule has 1 saturated carbocycles. The molecule has 1 aliphatic rings. The first-order valence-corrected chi connectivity index (χ1v) is 10.9. The first-order chi connectivity index (χ1) is 13.3. The van der Waals surface area contributed by atoms with Crippen LogP contribution in [-0.4, -0.2) is 0 Å². The predicted molar refractivity (Wildman–Crippen MR) is 134 cm³/mol. The topological polar surface area (TPSA) is 0 Å². The fourth-order valence-electron chi connectivity index (χ4n) is 2.87. The first-order valence-electron chi connectivity index (χ1n) is 10.9. The molecule has 0 amide bonds. The molecule has 1 fully saturated rings. The second-order valence-electron chi connectivity index (χ2n) is 7.38. The Hall–Kier alpha value is -1.74. The van der Waals surface area contributed by atoms with Crippen molar-refractivity contribution >= 4 is 0 Å². The number of rotatable bonds is 8. The summed E-state index contributed by atoms with van der Waals surface area (Å²) in [6.07, 6.45) is 21.4. The van der Waals surface area contributed by atoms with Gasteiger partial charge in [0.05, 0.1) is 0 Å². The van der Waals surface area contributed by atoms with Crippen molar-refractivity contribution in [1.29, 1.82) is 0 Å². The van der Waals surface area contributed by atoms with Crippen molar-refractivity contribution in [2.45, 2.75) is 93.4 Å². The third-order valence-electron chi connectivity index (χ3n) is 4.62. The lowest BCUT2D eigenvalue weighted by Gasteiger charge is -2.38. The number of hydrogen-bond acceptors (Lipinski definition) is 0. The lowest BCUT2D eigenvalue weighted by molar-refractivity contribution is 0.260. The summed E-state index contributed by atoms with van der Waals surface area (Å²) in [5.41, 5.74) is 4.23. The SMILES string of the molecule is C#CC.C=C(C)CCC/C(C)=C/C=C\C.C=C1CC(CC)C1CC.C=CCC. The van der Waals surface area contributed by atoms with Crippen LogP contribution in [0, 0.1) is 24.2 Å². The molecular weight excluding hydrogens is 336 g/mol. The molecule has 0 aromatic heterocycles. The minimum Gasteiger partial charge on any atom is -0.120 e. The van der Waals surface area contributed by atoms with Crippen molar-refractivity contribution in [3.05, 3.63) is 60.8 Å². The highest BCUT2D eigenvalue weighted by Gasteiger charge is 2.30. The fourth-order valence-corrected chi connectivity index (χ4v) is 2.87. The molecule has 0 nitrogen and oxygen atoms in total. The van der Waals surface area contributed by atoms with E-state index in [4.69, 9.17) is 0 Å². The van der Waals surface area contributed by atoms with E-state index in [9.17, 15) is 0 Å². The van der Waals surface area contributed by atoms with Crippen LogP contribution in [0.2, 0.25) is 0 Å². The van der Waals surface area contributed by atoms with Crippen LogP contribution >= 0.6 is 0 Å². The largest absolute Gasteiger partial charge is 0.120 e. The maximum absolute atomic E-state index is 4.60. The second-order valence-corrected chi connectivity index (χ2v) is 7.38. The average molecular weight is 385 g/mol. The molecule has 0 bridgehead atoms. The quantitative estimate of drug-likeness (QED) is 0.222. The standard InChI is InChI=1S/C12H20.C9H16.C4H8.C3H4/c1-5-6-9-12(4)10-7-8-11(2)3;1-4-8-6-7(3)9(8)5-2;1-3-4-2;1-3-2/h5-6,9H,2,7-8,10H2,1,3-4H3;8-9H,3-6H2,1-2H3;3H,1,4H2,2H3;1H,2H3/b6-5-,12-9+;;;. The second kappa shape index (κ2) is 23.3. The molecule has 1 aliphatic carbocycles. The van der Waals surface area contributed by atoms with Crippen LogP contribution in [0.4, 0.5) is 0 Å². The highest BCUT2D eigenvalue weighted by atomic mass is 14.4. The van der Waals surface area contributed by atoms with Gasteiger partial charge in [-0.15, -0.1) is 25.5 Å². The van der Waals surface area contributed by atoms with E-state index in [-0.39, 0.29) is 0 Å². The maximum atomic E-state index is 4.60. The van der Waals surface area contributed by atoms with Crippen LogP contribution in [0.3, 0.4) is 0 Å². The molecule has 0 heteroatoms. The smallest absolute Gasteiger partial charge is 0.00297 e. The van der Waals surface area contributed by atoms with E-state index < -0.39 is 0 Å². The Morgan fingerprint density at radius 3 is 2.00 bits per heavy atom. The fraction of sp³-hybridized carbons (Fsp3) is 0.571. The van der Waals surface area contributed by atoms with E-state index >= 15 is 0 Å². The molecule has 0 saturated heterocycles. The van der Waals surface area contributed by atoms with Gasteiger partial charge in [0.15, 0.2) is 0 Å². The van der Waals surface area contributed by atoms with E-state index in [0.717, 1.165) is 24.7 Å². The van der Waals surface area contributed by atoms with Crippen LogP contribution in [-0.2, 0) is 0 Å². The van der Waals surface area contributed by atoms with E-state index in [1.54, 1.807) is 6.92 Å². The van der Waals surface area contributed by atoms with Crippen molar-refractivity contribution in [2.24, 2.45) is 11.8 Å². The molecule has 28 heavy (non-hydrogen) atoms. The molecule has 0 aromatic rings. The summed E-state index contributed by atoms with van der Waals surface area (Å²) in [7, 11) is 0. The molecule has 0 aromatic carbocycles. The first kappa shape index (κ1) is 31.0. The van der Waals surface area contributed by atoms with Gasteiger partial charge in [-0.2, -0.15) is 0 Å². The van der Waals surface area contributed by atoms with Crippen molar-refractivity contribution in [1.82, 2.24) is 0 Å². The summed E-state index contributed by atoms with van der Waals surface area (Å²) in [6.45, 7) is 25.9. The molecule has 160 valence electrons. The van der Waals surface area contributed by atoms with Gasteiger partial charge < -0.3 is 0 Å². The summed E-state index contributed by atoms with van der Waals surface area (Å²) in [5, 5.41) is 0. The third kappa shape index (κ3) is 20.6. The van der Waals surface area contributed by atoms with Crippen molar-refractivity contribution < 1.29 is 0 Å². The van der Waals surface area contributed by atoms with Gasteiger partial charge in [-0.1, -0.05) is 74.8 Å². The van der Waals surface area contributed by atoms with Gasteiger partial charge in [0.1, 0.15) is 0 Å². The van der Waals surface area contributed by atoms with Gasteiger partial charge in [-0.3, -0.25) is 0 Å². The van der Waals surface area contributed by atoms with Gasteiger partial charge in [0.2, 0.25) is 0 Å². The van der Waals surface area contributed by atoms with Crippen molar-refractivity contribution in [3.63, 3.8) is 0 Å². The number of hydrogen-bond donors (Lipinski definition) is 0. The molecule has 2 atom stereocenters. The number of allylic oxidation sites excluding steroid dienone is 7. The Balaban J connectivity index is -0.000000342. The molecule has 2 unspecified atom stereocenters. The molecule has 0 spiro atoms. The van der Waals surface area contributed by atoms with Crippen molar-refractivity contribution in [2.75, 3.05) is 0 Å². The predicted octanol–water partition coefficient (Wildman–Crippen LogP) is 9.48. The van der Waals surface area contributed by atoms with Crippen LogP contribution in [0.1, 0.15) is 93.4 Å². The van der Waals surface area contributed by atoms with E-state index in [1.807, 2.05) is 13.0 Å². The van der Waals surface area contributed by atoms with E-state index in [2.05, 4.69) is 84.9 Å². The van der Waals surface area contributed by atoms with Gasteiger partial charge in [0, 0.05) is 0 Å². The van der Waals surface area contributed by atoms with Gasteiger partial charge in [-0.05, 0) is 78.1 Å². The molecule has 0 N–H and O–H groups in total. The number of terminal acetylenes is 1. The van der Waals surface area contributed by atoms with Gasteiger partial charge >= 0.3 is 0 Å². The van der Waals surface area contributed by atoms with Crippen LogP contribution < -0.4 is 0 Å². The normalized spacial score (nSPS) is 17.5. The lowest BCUT2D eigenvalue weighted by atomic mass is 9.67. The molecular formula is C28H48. The highest BCUT2D eigenvalue weighted by molar-refractivity contribution is 5.13. The zero-order valence-electron chi connectivity index (χ0n) is 20.1. The minimum atomic E-state index is 0.870. The summed E-state index contributed by atoms with van der Waals surface area (Å²) >= 11 is 0. The van der Waals surface area contributed by atoms with E-state index in [0.29, 0.717) is 0 Å². The Bertz CT molecular complexity index is 493.